The fraction of sp³-hybridized carbons (Fsp3) is 0.649. The maximum absolute atomic E-state index is 13.1. The third-order valence-electron chi connectivity index (χ3n) is 11.2. The SMILES string of the molecule is CC/C=C\C/C=C\C/C=C\C/C=C\C/C=C\CCCC(=O)OCC(COC1OC(C(=O)O)C(O)C(O)C1OC(=O)CCCCCCCCCCC)OC(=O)CCCCC/C=C\C/C=C\C/C=C\CC. The third-order valence-corrected chi connectivity index (χ3v) is 11.2. The van der Waals surface area contributed by atoms with Crippen molar-refractivity contribution < 1.29 is 58.2 Å². The van der Waals surface area contributed by atoms with Crippen molar-refractivity contribution in [3.05, 3.63) is 97.2 Å². The lowest BCUT2D eigenvalue weighted by molar-refractivity contribution is -0.301. The van der Waals surface area contributed by atoms with Gasteiger partial charge >= 0.3 is 23.9 Å². The highest BCUT2D eigenvalue weighted by molar-refractivity contribution is 5.74. The number of unbranched alkanes of at least 4 members (excludes halogenated alkanes) is 12. The lowest BCUT2D eigenvalue weighted by Crippen LogP contribution is -2.61. The van der Waals surface area contributed by atoms with Crippen LogP contribution in [-0.4, -0.2) is 89.2 Å². The topological polar surface area (TPSA) is 175 Å². The van der Waals surface area contributed by atoms with Crippen molar-refractivity contribution in [3.63, 3.8) is 0 Å². The number of rotatable bonds is 42. The molecule has 12 nitrogen and oxygen atoms in total. The minimum Gasteiger partial charge on any atom is -0.479 e. The van der Waals surface area contributed by atoms with Gasteiger partial charge in [-0.05, 0) is 89.9 Å². The van der Waals surface area contributed by atoms with E-state index in [1.54, 1.807) is 0 Å². The molecule has 1 aliphatic rings. The van der Waals surface area contributed by atoms with Gasteiger partial charge in [0.1, 0.15) is 18.8 Å². The van der Waals surface area contributed by atoms with Crippen LogP contribution in [0.3, 0.4) is 0 Å². The average molecular weight is 967 g/mol. The van der Waals surface area contributed by atoms with E-state index in [-0.39, 0.29) is 25.9 Å². The largest absolute Gasteiger partial charge is 0.479 e. The van der Waals surface area contributed by atoms with Crippen molar-refractivity contribution >= 4 is 23.9 Å². The molecule has 390 valence electrons. The molecule has 0 aromatic heterocycles. The van der Waals surface area contributed by atoms with Gasteiger partial charge in [0, 0.05) is 19.3 Å². The minimum atomic E-state index is -1.91. The van der Waals surface area contributed by atoms with Crippen molar-refractivity contribution in [2.45, 2.75) is 225 Å². The van der Waals surface area contributed by atoms with E-state index in [4.69, 9.17) is 23.7 Å². The van der Waals surface area contributed by atoms with Crippen LogP contribution in [0.15, 0.2) is 97.2 Å². The van der Waals surface area contributed by atoms with E-state index in [1.807, 2.05) is 6.08 Å². The van der Waals surface area contributed by atoms with Crippen molar-refractivity contribution in [3.8, 4) is 0 Å². The summed E-state index contributed by atoms with van der Waals surface area (Å²) in [4.78, 5) is 50.8. The molecular weight excluding hydrogens is 877 g/mol. The van der Waals surface area contributed by atoms with Crippen LogP contribution in [0.5, 0.6) is 0 Å². The molecule has 1 heterocycles. The van der Waals surface area contributed by atoms with Crippen LogP contribution in [0.4, 0.5) is 0 Å². The zero-order valence-corrected chi connectivity index (χ0v) is 42.5. The highest BCUT2D eigenvalue weighted by atomic mass is 16.7. The van der Waals surface area contributed by atoms with E-state index < -0.39 is 67.3 Å². The van der Waals surface area contributed by atoms with Crippen LogP contribution in [0, 0.1) is 0 Å². The molecule has 1 rings (SSSR count). The third kappa shape index (κ3) is 35.4. The maximum atomic E-state index is 13.1. The Bertz CT molecular complexity index is 1570. The fourth-order valence-electron chi connectivity index (χ4n) is 7.18. The van der Waals surface area contributed by atoms with Gasteiger partial charge in [-0.1, -0.05) is 176 Å². The molecule has 0 aromatic rings. The number of carbonyl (C=O) groups excluding carboxylic acids is 3. The smallest absolute Gasteiger partial charge is 0.335 e. The molecule has 0 aromatic carbocycles. The first-order valence-corrected chi connectivity index (χ1v) is 26.2. The Morgan fingerprint density at radius 3 is 1.43 bits per heavy atom. The lowest BCUT2D eigenvalue weighted by atomic mass is 9.98. The van der Waals surface area contributed by atoms with Gasteiger partial charge in [0.05, 0.1) is 6.61 Å². The van der Waals surface area contributed by atoms with Gasteiger partial charge in [0.25, 0.3) is 0 Å². The van der Waals surface area contributed by atoms with Crippen molar-refractivity contribution in [2.75, 3.05) is 13.2 Å². The summed E-state index contributed by atoms with van der Waals surface area (Å²) in [6.45, 7) is 5.62. The van der Waals surface area contributed by atoms with Gasteiger partial charge in [-0.3, -0.25) is 14.4 Å². The van der Waals surface area contributed by atoms with Crippen molar-refractivity contribution in [1.82, 2.24) is 0 Å². The number of carboxylic acid groups (broad SMARTS) is 1. The Labute approximate surface area is 415 Å². The van der Waals surface area contributed by atoms with E-state index in [9.17, 15) is 34.5 Å². The monoisotopic (exact) mass is 967 g/mol. The number of hydrogen-bond acceptors (Lipinski definition) is 11. The van der Waals surface area contributed by atoms with Crippen LogP contribution in [0.1, 0.15) is 188 Å². The highest BCUT2D eigenvalue weighted by Gasteiger charge is 2.50. The molecule has 12 heteroatoms. The molecule has 69 heavy (non-hydrogen) atoms. The van der Waals surface area contributed by atoms with Crippen LogP contribution in [0.2, 0.25) is 0 Å². The number of allylic oxidation sites excluding steroid dienone is 16. The molecular formula is C57H90O12. The summed E-state index contributed by atoms with van der Waals surface area (Å²) >= 11 is 0. The maximum Gasteiger partial charge on any atom is 0.335 e. The van der Waals surface area contributed by atoms with E-state index in [1.165, 1.54) is 25.7 Å². The van der Waals surface area contributed by atoms with E-state index in [0.29, 0.717) is 25.7 Å². The van der Waals surface area contributed by atoms with E-state index >= 15 is 0 Å². The molecule has 0 spiro atoms. The second-order valence-corrected chi connectivity index (χ2v) is 17.4. The predicted molar refractivity (Wildman–Crippen MR) is 275 cm³/mol. The molecule has 0 aliphatic carbocycles. The summed E-state index contributed by atoms with van der Waals surface area (Å²) in [7, 11) is 0. The summed E-state index contributed by atoms with van der Waals surface area (Å²) in [5.74, 6) is -3.26. The number of hydrogen-bond donors (Lipinski definition) is 3. The summed E-state index contributed by atoms with van der Waals surface area (Å²) in [5.41, 5.74) is 0. The van der Waals surface area contributed by atoms with Crippen molar-refractivity contribution in [2.24, 2.45) is 0 Å². The Morgan fingerprint density at radius 1 is 0.493 bits per heavy atom. The normalized spacial score (nSPS) is 19.5. The second kappa shape index (κ2) is 44.8. The number of esters is 3. The molecule has 0 radical (unpaired) electrons. The van der Waals surface area contributed by atoms with Gasteiger partial charge in [-0.25, -0.2) is 4.79 Å². The van der Waals surface area contributed by atoms with Crippen LogP contribution >= 0.6 is 0 Å². The Hall–Kier alpha value is -4.36. The predicted octanol–water partition coefficient (Wildman–Crippen LogP) is 12.6. The van der Waals surface area contributed by atoms with E-state index in [2.05, 4.69) is 112 Å². The number of carboxylic acids is 1. The molecule has 0 amide bonds. The number of aliphatic hydroxyl groups excluding tert-OH is 2. The minimum absolute atomic E-state index is 0.0479. The number of ether oxygens (including phenoxy) is 5. The van der Waals surface area contributed by atoms with Crippen LogP contribution in [0.25, 0.3) is 0 Å². The Morgan fingerprint density at radius 2 is 0.928 bits per heavy atom. The summed E-state index contributed by atoms with van der Waals surface area (Å²) < 4.78 is 28.2. The summed E-state index contributed by atoms with van der Waals surface area (Å²) in [6, 6.07) is 0. The van der Waals surface area contributed by atoms with Gasteiger partial charge in [0.2, 0.25) is 0 Å². The Balaban J connectivity index is 2.78. The van der Waals surface area contributed by atoms with Crippen LogP contribution < -0.4 is 0 Å². The molecule has 0 bridgehead atoms. The number of carbonyl (C=O) groups is 4. The first kappa shape index (κ1) is 62.7. The van der Waals surface area contributed by atoms with Crippen LogP contribution in [-0.2, 0) is 42.9 Å². The average Bonchev–Trinajstić information content (AvgIpc) is 3.33. The van der Waals surface area contributed by atoms with Gasteiger partial charge < -0.3 is 39.0 Å². The zero-order valence-electron chi connectivity index (χ0n) is 42.5. The fourth-order valence-corrected chi connectivity index (χ4v) is 7.18. The first-order chi connectivity index (χ1) is 33.6. The standard InChI is InChI=1S/C57H90O12/c1-4-7-10-13-16-19-21-23-24-25-26-28-29-32-34-37-40-43-49(58)65-46-48(67-50(59)44-41-38-36-33-30-27-22-20-17-14-11-8-5-2)47-66-57-55(53(62)52(61)54(69-57)56(63)64)68-51(60)45-42-39-35-31-18-15-12-9-6-3/h7-8,10-11,16-17,19-20,23-24,26-28,30,32,34,48,52-55,57,61-62H,4-6,9,12-15,18,21-22,25,29,31,33,35-47H2,1-3H3,(H,63,64)/b10-7-,11-8-,19-16-,20-17-,24-23-,28-26-,30-27-,34-32-. The molecule has 3 N–H and O–H groups in total. The second-order valence-electron chi connectivity index (χ2n) is 17.4. The quantitative estimate of drug-likeness (QED) is 0.0229. The zero-order chi connectivity index (χ0) is 50.4. The molecule has 1 aliphatic heterocycles. The molecule has 0 saturated carbocycles. The Kier molecular flexibility index (Phi) is 40.7. The van der Waals surface area contributed by atoms with Gasteiger partial charge in [-0.15, -0.1) is 0 Å². The molecule has 1 saturated heterocycles. The molecule has 1 fully saturated rings. The van der Waals surface area contributed by atoms with Gasteiger partial charge in [0.15, 0.2) is 24.6 Å². The van der Waals surface area contributed by atoms with Gasteiger partial charge in [-0.2, -0.15) is 0 Å². The molecule has 6 unspecified atom stereocenters. The molecule has 6 atom stereocenters. The summed E-state index contributed by atoms with van der Waals surface area (Å²) in [6.07, 6.45) is 45.6. The number of aliphatic hydroxyl groups is 2. The summed E-state index contributed by atoms with van der Waals surface area (Å²) in [5, 5.41) is 31.3. The number of aliphatic carboxylic acids is 1. The highest BCUT2D eigenvalue weighted by Crippen LogP contribution is 2.26. The van der Waals surface area contributed by atoms with E-state index in [0.717, 1.165) is 96.3 Å². The first-order valence-electron chi connectivity index (χ1n) is 26.2. The lowest BCUT2D eigenvalue weighted by Gasteiger charge is -2.40. The van der Waals surface area contributed by atoms with Crippen molar-refractivity contribution in [1.29, 1.82) is 0 Å².